The van der Waals surface area contributed by atoms with Crippen LogP contribution in [0.3, 0.4) is 0 Å². The third kappa shape index (κ3) is 2.64. The van der Waals surface area contributed by atoms with Gasteiger partial charge in [-0.05, 0) is 37.4 Å². The predicted molar refractivity (Wildman–Crippen MR) is 76.8 cm³/mol. The Morgan fingerprint density at radius 1 is 1.11 bits per heavy atom. The summed E-state index contributed by atoms with van der Waals surface area (Å²) in [7, 11) is 0. The van der Waals surface area contributed by atoms with E-state index in [1.807, 2.05) is 6.08 Å². The first kappa shape index (κ1) is 12.6. The molecule has 2 nitrogen and oxygen atoms in total. The smallest absolute Gasteiger partial charge is 0.155 e. The molecular weight excluding hydrogens is 234 g/mol. The largest absolute Gasteiger partial charge is 0.295 e. The summed E-state index contributed by atoms with van der Waals surface area (Å²) in [6.45, 7) is 2.15. The van der Waals surface area contributed by atoms with E-state index in [1.165, 1.54) is 24.8 Å². The number of hydrogen-bond donors (Lipinski definition) is 0. The van der Waals surface area contributed by atoms with Crippen LogP contribution in [0.4, 0.5) is 0 Å². The lowest BCUT2D eigenvalue weighted by atomic mass is 9.78. The van der Waals surface area contributed by atoms with E-state index in [0.717, 1.165) is 19.5 Å². The van der Waals surface area contributed by atoms with E-state index in [-0.39, 0.29) is 11.3 Å². The molecule has 1 saturated heterocycles. The molecule has 2 aliphatic rings. The van der Waals surface area contributed by atoms with Crippen molar-refractivity contribution in [3.05, 3.63) is 48.0 Å². The summed E-state index contributed by atoms with van der Waals surface area (Å²) < 4.78 is 0. The van der Waals surface area contributed by atoms with E-state index in [9.17, 15) is 4.79 Å². The van der Waals surface area contributed by atoms with Crippen LogP contribution in [0, 0.1) is 0 Å². The summed E-state index contributed by atoms with van der Waals surface area (Å²) in [5.41, 5.74) is 1.51. The lowest BCUT2D eigenvalue weighted by Crippen LogP contribution is -2.51. The van der Waals surface area contributed by atoms with Crippen LogP contribution in [0.25, 0.3) is 0 Å². The fourth-order valence-corrected chi connectivity index (χ4v) is 3.38. The number of ketones is 1. The second kappa shape index (κ2) is 5.30. The van der Waals surface area contributed by atoms with Crippen molar-refractivity contribution in [2.24, 2.45) is 0 Å². The van der Waals surface area contributed by atoms with Gasteiger partial charge < -0.3 is 0 Å². The molecule has 0 amide bonds. The molecule has 19 heavy (non-hydrogen) atoms. The monoisotopic (exact) mass is 255 g/mol. The minimum Gasteiger partial charge on any atom is -0.295 e. The van der Waals surface area contributed by atoms with Gasteiger partial charge in [0.25, 0.3) is 0 Å². The highest BCUT2D eigenvalue weighted by Crippen LogP contribution is 2.37. The fraction of sp³-hybridized carbons (Fsp3) is 0.471. The van der Waals surface area contributed by atoms with Gasteiger partial charge in [-0.25, -0.2) is 0 Å². The summed E-state index contributed by atoms with van der Waals surface area (Å²) in [4.78, 5) is 14.0. The Kier molecular flexibility index (Phi) is 3.52. The van der Waals surface area contributed by atoms with Crippen molar-refractivity contribution in [1.82, 2.24) is 4.90 Å². The molecule has 1 fully saturated rings. The van der Waals surface area contributed by atoms with Gasteiger partial charge in [-0.2, -0.15) is 0 Å². The highest BCUT2D eigenvalue weighted by Gasteiger charge is 2.38. The van der Waals surface area contributed by atoms with Gasteiger partial charge in [0.05, 0.1) is 0 Å². The zero-order chi connectivity index (χ0) is 13.1. The Labute approximate surface area is 115 Å². The van der Waals surface area contributed by atoms with Gasteiger partial charge in [0.15, 0.2) is 5.78 Å². The molecule has 1 aliphatic carbocycles. The van der Waals surface area contributed by atoms with Crippen molar-refractivity contribution in [3.8, 4) is 0 Å². The highest BCUT2D eigenvalue weighted by atomic mass is 16.1. The zero-order valence-electron chi connectivity index (χ0n) is 11.3. The molecule has 3 rings (SSSR count). The quantitative estimate of drug-likeness (QED) is 0.808. The minimum atomic E-state index is 0.141. The topological polar surface area (TPSA) is 20.3 Å². The first-order valence-electron chi connectivity index (χ1n) is 7.30. The van der Waals surface area contributed by atoms with Gasteiger partial charge >= 0.3 is 0 Å². The molecule has 1 aromatic rings. The molecule has 0 bridgehead atoms. The Hall–Kier alpha value is -1.41. The summed E-state index contributed by atoms with van der Waals surface area (Å²) >= 11 is 0. The fourth-order valence-electron chi connectivity index (χ4n) is 3.38. The van der Waals surface area contributed by atoms with Crippen LogP contribution in [0.1, 0.15) is 37.7 Å². The van der Waals surface area contributed by atoms with Gasteiger partial charge in [0.1, 0.15) is 0 Å². The zero-order valence-corrected chi connectivity index (χ0v) is 11.3. The molecule has 1 unspecified atom stereocenters. The lowest BCUT2D eigenvalue weighted by molar-refractivity contribution is -0.116. The van der Waals surface area contributed by atoms with Crippen molar-refractivity contribution < 1.29 is 4.79 Å². The van der Waals surface area contributed by atoms with Crippen molar-refractivity contribution in [2.75, 3.05) is 6.54 Å². The molecule has 0 aromatic heterocycles. The highest BCUT2D eigenvalue weighted by molar-refractivity contribution is 5.90. The number of allylic oxidation sites excluding steroid dienone is 1. The van der Waals surface area contributed by atoms with Crippen molar-refractivity contribution in [1.29, 1.82) is 0 Å². The second-order valence-corrected chi connectivity index (χ2v) is 5.77. The van der Waals surface area contributed by atoms with Crippen molar-refractivity contribution >= 4 is 5.78 Å². The lowest BCUT2D eigenvalue weighted by Gasteiger charge is -2.47. The second-order valence-electron chi connectivity index (χ2n) is 5.77. The van der Waals surface area contributed by atoms with Gasteiger partial charge in [0, 0.05) is 18.5 Å². The first-order valence-corrected chi connectivity index (χ1v) is 7.30. The maximum absolute atomic E-state index is 11.4. The Morgan fingerprint density at radius 3 is 2.68 bits per heavy atom. The molecule has 1 atom stereocenters. The SMILES string of the molecule is O=C1C=CC2(CCCCN2Cc2ccccc2)CC1. The Bertz CT molecular complexity index is 479. The first-order chi connectivity index (χ1) is 9.28. The van der Waals surface area contributed by atoms with Crippen LogP contribution < -0.4 is 0 Å². The van der Waals surface area contributed by atoms with Crippen LogP contribution in [0.2, 0.25) is 0 Å². The number of carbonyl (C=O) groups is 1. The number of carbonyl (C=O) groups excluding carboxylic acids is 1. The average molecular weight is 255 g/mol. The average Bonchev–Trinajstić information content (AvgIpc) is 2.46. The van der Waals surface area contributed by atoms with Crippen molar-refractivity contribution in [2.45, 2.75) is 44.2 Å². The molecule has 0 radical (unpaired) electrons. The van der Waals surface area contributed by atoms with Crippen LogP contribution >= 0.6 is 0 Å². The number of benzene rings is 1. The van der Waals surface area contributed by atoms with Gasteiger partial charge in [-0.1, -0.05) is 42.8 Å². The molecule has 1 heterocycles. The van der Waals surface area contributed by atoms with Crippen LogP contribution in [-0.4, -0.2) is 22.8 Å². The summed E-state index contributed by atoms with van der Waals surface area (Å²) in [5.74, 6) is 0.288. The maximum Gasteiger partial charge on any atom is 0.155 e. The van der Waals surface area contributed by atoms with Crippen molar-refractivity contribution in [3.63, 3.8) is 0 Å². The summed E-state index contributed by atoms with van der Waals surface area (Å²) in [5, 5.41) is 0. The number of nitrogens with zero attached hydrogens (tertiary/aromatic N) is 1. The van der Waals surface area contributed by atoms with Crippen LogP contribution in [0.15, 0.2) is 42.5 Å². The molecule has 1 aromatic carbocycles. The predicted octanol–water partition coefficient (Wildman–Crippen LogP) is 3.33. The number of hydrogen-bond acceptors (Lipinski definition) is 2. The molecule has 100 valence electrons. The summed E-state index contributed by atoms with van der Waals surface area (Å²) in [6.07, 6.45) is 9.45. The van der Waals surface area contributed by atoms with Crippen LogP contribution in [0.5, 0.6) is 0 Å². The maximum atomic E-state index is 11.4. The molecule has 1 spiro atoms. The van der Waals surface area contributed by atoms with E-state index in [1.54, 1.807) is 0 Å². The molecule has 0 N–H and O–H groups in total. The molecule has 0 saturated carbocycles. The van der Waals surface area contributed by atoms with E-state index in [2.05, 4.69) is 41.3 Å². The molecular formula is C17H21NO. The summed E-state index contributed by atoms with van der Waals surface area (Å²) in [6, 6.07) is 10.7. The normalized spacial score (nSPS) is 27.9. The van der Waals surface area contributed by atoms with E-state index in [4.69, 9.17) is 0 Å². The molecule has 2 heteroatoms. The van der Waals surface area contributed by atoms with Crippen LogP contribution in [-0.2, 0) is 11.3 Å². The Balaban J connectivity index is 1.81. The Morgan fingerprint density at radius 2 is 1.95 bits per heavy atom. The van der Waals surface area contributed by atoms with E-state index in [0.29, 0.717) is 6.42 Å². The molecule has 1 aliphatic heterocycles. The van der Waals surface area contributed by atoms with Gasteiger partial charge in [0.2, 0.25) is 0 Å². The van der Waals surface area contributed by atoms with Gasteiger partial charge in [-0.15, -0.1) is 0 Å². The van der Waals surface area contributed by atoms with Gasteiger partial charge in [-0.3, -0.25) is 9.69 Å². The number of rotatable bonds is 2. The van der Waals surface area contributed by atoms with E-state index >= 15 is 0 Å². The third-order valence-corrected chi connectivity index (χ3v) is 4.52. The third-order valence-electron chi connectivity index (χ3n) is 4.52. The standard InChI is InChI=1S/C17H21NO/c19-16-8-11-17(12-9-16)10-4-5-13-18(17)14-15-6-2-1-3-7-15/h1-3,6-8,11H,4-5,9-10,12-14H2. The minimum absolute atomic E-state index is 0.141. The van der Waals surface area contributed by atoms with E-state index < -0.39 is 0 Å². The number of likely N-dealkylation sites (tertiary alicyclic amines) is 1. The number of piperidine rings is 1.